The van der Waals surface area contributed by atoms with Gasteiger partial charge in [-0.2, -0.15) is 0 Å². The third-order valence-electron chi connectivity index (χ3n) is 5.72. The summed E-state index contributed by atoms with van der Waals surface area (Å²) in [5, 5.41) is 0. The van der Waals surface area contributed by atoms with Crippen molar-refractivity contribution in [3.63, 3.8) is 0 Å². The first-order valence-corrected chi connectivity index (χ1v) is 12.2. The minimum atomic E-state index is -0.689. The molecule has 0 aliphatic carbocycles. The Morgan fingerprint density at radius 1 is 1.03 bits per heavy atom. The summed E-state index contributed by atoms with van der Waals surface area (Å²) < 4.78 is 23.6. The maximum absolute atomic E-state index is 13.7. The summed E-state index contributed by atoms with van der Waals surface area (Å²) in [6, 6.07) is 12.0. The predicted molar refractivity (Wildman–Crippen MR) is 138 cm³/mol. The molecule has 1 aliphatic heterocycles. The van der Waals surface area contributed by atoms with E-state index in [2.05, 4.69) is 4.99 Å². The second-order valence-corrected chi connectivity index (χ2v) is 9.43. The van der Waals surface area contributed by atoms with Crippen LogP contribution in [0.15, 0.2) is 63.5 Å². The molecule has 0 bridgehead atoms. The number of hydrogen-bond acceptors (Lipinski definition) is 8. The summed E-state index contributed by atoms with van der Waals surface area (Å²) in [5.74, 6) is 1.33. The summed E-state index contributed by atoms with van der Waals surface area (Å²) in [7, 11) is 4.71. The second-order valence-electron chi connectivity index (χ2n) is 8.42. The molecule has 1 atom stereocenters. The van der Waals surface area contributed by atoms with E-state index in [4.69, 9.17) is 18.9 Å². The molecule has 4 rings (SSSR count). The average molecular weight is 509 g/mol. The number of benzene rings is 2. The Morgan fingerprint density at radius 3 is 2.33 bits per heavy atom. The van der Waals surface area contributed by atoms with Crippen molar-refractivity contribution in [2.24, 2.45) is 4.99 Å². The van der Waals surface area contributed by atoms with Gasteiger partial charge in [-0.1, -0.05) is 29.5 Å². The SMILES string of the molecule is COc1ccc([C@H]2C(C(=O)OC(C)C)=C(C)N=c3s/c(=C\c4ccc(OC)c(OC)c4)c(=O)n32)cc1. The second kappa shape index (κ2) is 10.4. The quantitative estimate of drug-likeness (QED) is 0.456. The van der Waals surface area contributed by atoms with Crippen LogP contribution in [0.25, 0.3) is 6.08 Å². The average Bonchev–Trinajstić information content (AvgIpc) is 3.16. The molecule has 0 unspecified atom stereocenters. The number of aromatic nitrogens is 1. The first-order chi connectivity index (χ1) is 17.3. The van der Waals surface area contributed by atoms with Crippen LogP contribution in [0.3, 0.4) is 0 Å². The number of thiazole rings is 1. The monoisotopic (exact) mass is 508 g/mol. The molecule has 1 aromatic heterocycles. The third-order valence-corrected chi connectivity index (χ3v) is 6.70. The Morgan fingerprint density at radius 2 is 1.72 bits per heavy atom. The van der Waals surface area contributed by atoms with Gasteiger partial charge in [0, 0.05) is 0 Å². The lowest BCUT2D eigenvalue weighted by Crippen LogP contribution is -2.40. The minimum absolute atomic E-state index is 0.253. The highest BCUT2D eigenvalue weighted by Crippen LogP contribution is 2.32. The normalized spacial score (nSPS) is 15.4. The lowest BCUT2D eigenvalue weighted by molar-refractivity contribution is -0.143. The van der Waals surface area contributed by atoms with Crippen molar-refractivity contribution in [1.82, 2.24) is 4.57 Å². The Kier molecular flexibility index (Phi) is 7.30. The third kappa shape index (κ3) is 4.79. The highest BCUT2D eigenvalue weighted by Gasteiger charge is 2.33. The van der Waals surface area contributed by atoms with Gasteiger partial charge < -0.3 is 18.9 Å². The Labute approximate surface area is 212 Å². The van der Waals surface area contributed by atoms with Crippen molar-refractivity contribution in [3.8, 4) is 17.2 Å². The number of fused-ring (bicyclic) bond motifs is 1. The Hall–Kier alpha value is -3.85. The van der Waals surface area contributed by atoms with Crippen LogP contribution in [-0.4, -0.2) is 38.0 Å². The van der Waals surface area contributed by atoms with Crippen molar-refractivity contribution >= 4 is 23.4 Å². The standard InChI is InChI=1S/C27H28N2O6S/c1-15(2)35-26(31)23-16(3)28-27-29(24(23)18-8-10-19(32-4)11-9-18)25(30)22(36-27)14-17-7-12-20(33-5)21(13-17)34-6/h7-15,24H,1-6H3/b22-14-/t24-/m0/s1. The molecule has 0 amide bonds. The zero-order chi connectivity index (χ0) is 26.0. The molecular weight excluding hydrogens is 480 g/mol. The number of methoxy groups -OCH3 is 3. The molecule has 8 nitrogen and oxygen atoms in total. The van der Waals surface area contributed by atoms with E-state index in [1.54, 1.807) is 77.0 Å². The molecule has 0 radical (unpaired) electrons. The fourth-order valence-electron chi connectivity index (χ4n) is 4.06. The number of rotatable bonds is 7. The van der Waals surface area contributed by atoms with E-state index < -0.39 is 12.0 Å². The predicted octanol–water partition coefficient (Wildman–Crippen LogP) is 3.21. The number of allylic oxidation sites excluding steroid dienone is 1. The van der Waals surface area contributed by atoms with E-state index in [9.17, 15) is 9.59 Å². The van der Waals surface area contributed by atoms with E-state index in [-0.39, 0.29) is 11.7 Å². The van der Waals surface area contributed by atoms with E-state index in [0.717, 1.165) is 11.1 Å². The number of nitrogens with zero attached hydrogens (tertiary/aromatic N) is 2. The van der Waals surface area contributed by atoms with Crippen LogP contribution >= 0.6 is 11.3 Å². The molecule has 2 heterocycles. The topological polar surface area (TPSA) is 88.4 Å². The highest BCUT2D eigenvalue weighted by atomic mass is 32.1. The van der Waals surface area contributed by atoms with Crippen LogP contribution in [0.4, 0.5) is 0 Å². The van der Waals surface area contributed by atoms with Crippen LogP contribution in [0, 0.1) is 0 Å². The van der Waals surface area contributed by atoms with Crippen LogP contribution in [0.2, 0.25) is 0 Å². The summed E-state index contributed by atoms with van der Waals surface area (Å²) in [5.41, 5.74) is 2.12. The van der Waals surface area contributed by atoms with Crippen molar-refractivity contribution < 1.29 is 23.7 Å². The number of ether oxygens (including phenoxy) is 4. The van der Waals surface area contributed by atoms with E-state index in [0.29, 0.717) is 37.9 Å². The zero-order valence-corrected chi connectivity index (χ0v) is 21.8. The summed E-state index contributed by atoms with van der Waals surface area (Å²) in [6.45, 7) is 5.34. The van der Waals surface area contributed by atoms with Crippen molar-refractivity contribution in [2.75, 3.05) is 21.3 Å². The summed E-state index contributed by atoms with van der Waals surface area (Å²) in [4.78, 5) is 32.0. The summed E-state index contributed by atoms with van der Waals surface area (Å²) >= 11 is 1.26. The van der Waals surface area contributed by atoms with Gasteiger partial charge in [0.05, 0.1) is 49.3 Å². The Bertz CT molecular complexity index is 1500. The molecule has 1 aliphatic rings. The first kappa shape index (κ1) is 25.2. The molecule has 0 spiro atoms. The van der Waals surface area contributed by atoms with E-state index >= 15 is 0 Å². The number of esters is 1. The van der Waals surface area contributed by atoms with Gasteiger partial charge in [0.25, 0.3) is 5.56 Å². The van der Waals surface area contributed by atoms with Gasteiger partial charge in [0.2, 0.25) is 0 Å². The smallest absolute Gasteiger partial charge is 0.338 e. The van der Waals surface area contributed by atoms with Gasteiger partial charge in [-0.15, -0.1) is 0 Å². The maximum Gasteiger partial charge on any atom is 0.338 e. The number of carbonyl (C=O) groups excluding carboxylic acids is 1. The van der Waals surface area contributed by atoms with Crippen LogP contribution in [0.1, 0.15) is 37.9 Å². The molecule has 188 valence electrons. The van der Waals surface area contributed by atoms with Crippen LogP contribution < -0.4 is 29.1 Å². The van der Waals surface area contributed by atoms with Crippen molar-refractivity contribution in [2.45, 2.75) is 32.9 Å². The van der Waals surface area contributed by atoms with Gasteiger partial charge in [-0.25, -0.2) is 9.79 Å². The molecule has 9 heteroatoms. The van der Waals surface area contributed by atoms with E-state index in [1.165, 1.54) is 11.3 Å². The maximum atomic E-state index is 13.7. The van der Waals surface area contributed by atoms with Gasteiger partial charge >= 0.3 is 5.97 Å². The molecule has 0 saturated heterocycles. The molecular formula is C27H28N2O6S. The van der Waals surface area contributed by atoms with Crippen LogP contribution in [-0.2, 0) is 9.53 Å². The fraction of sp³-hybridized carbons (Fsp3) is 0.296. The van der Waals surface area contributed by atoms with Crippen LogP contribution in [0.5, 0.6) is 17.2 Å². The lowest BCUT2D eigenvalue weighted by atomic mass is 9.96. The molecule has 3 aromatic rings. The van der Waals surface area contributed by atoms with Gasteiger partial charge in [0.1, 0.15) is 5.75 Å². The molecule has 0 saturated carbocycles. The van der Waals surface area contributed by atoms with Gasteiger partial charge in [0.15, 0.2) is 16.3 Å². The lowest BCUT2D eigenvalue weighted by Gasteiger charge is -2.25. The van der Waals surface area contributed by atoms with Gasteiger partial charge in [-0.3, -0.25) is 9.36 Å². The largest absolute Gasteiger partial charge is 0.497 e. The minimum Gasteiger partial charge on any atom is -0.497 e. The zero-order valence-electron chi connectivity index (χ0n) is 21.0. The summed E-state index contributed by atoms with van der Waals surface area (Å²) in [6.07, 6.45) is 1.46. The Balaban J connectivity index is 1.91. The first-order valence-electron chi connectivity index (χ1n) is 11.4. The highest BCUT2D eigenvalue weighted by molar-refractivity contribution is 7.07. The van der Waals surface area contributed by atoms with Gasteiger partial charge in [-0.05, 0) is 62.2 Å². The van der Waals surface area contributed by atoms with E-state index in [1.807, 2.05) is 18.2 Å². The molecule has 2 aromatic carbocycles. The molecule has 0 N–H and O–H groups in total. The number of hydrogen-bond donors (Lipinski definition) is 0. The van der Waals surface area contributed by atoms with Crippen molar-refractivity contribution in [3.05, 3.63) is 84.5 Å². The fourth-order valence-corrected chi connectivity index (χ4v) is 5.10. The molecule has 36 heavy (non-hydrogen) atoms. The number of carbonyl (C=O) groups is 1. The molecule has 0 fully saturated rings. The van der Waals surface area contributed by atoms with Crippen molar-refractivity contribution in [1.29, 1.82) is 0 Å².